The van der Waals surface area contributed by atoms with Crippen molar-refractivity contribution in [2.24, 2.45) is 7.05 Å². The maximum Gasteiger partial charge on any atom is 0.255 e. The third-order valence-corrected chi connectivity index (χ3v) is 5.58. The molecule has 1 saturated heterocycles. The van der Waals surface area contributed by atoms with Crippen molar-refractivity contribution in [1.82, 2.24) is 19.4 Å². The molecule has 3 heterocycles. The summed E-state index contributed by atoms with van der Waals surface area (Å²) >= 11 is 0. The maximum atomic E-state index is 13.2. The van der Waals surface area contributed by atoms with Crippen molar-refractivity contribution in [2.45, 2.75) is 25.3 Å². The Morgan fingerprint density at radius 1 is 1.25 bits per heavy atom. The highest BCUT2D eigenvalue weighted by atomic mass is 19.1. The molecule has 0 aromatic carbocycles. The van der Waals surface area contributed by atoms with Gasteiger partial charge in [0, 0.05) is 45.0 Å². The van der Waals surface area contributed by atoms with Crippen molar-refractivity contribution in [2.75, 3.05) is 25.0 Å². The number of allylic oxidation sites excluding steroid dienone is 1. The predicted octanol–water partition coefficient (Wildman–Crippen LogP) is 1.62. The Morgan fingerprint density at radius 3 is 2.61 bits per heavy atom. The van der Waals surface area contributed by atoms with E-state index in [1.54, 1.807) is 18.1 Å². The highest BCUT2D eigenvalue weighted by molar-refractivity contribution is 5.98. The smallest absolute Gasteiger partial charge is 0.255 e. The molecule has 2 aromatic heterocycles. The van der Waals surface area contributed by atoms with E-state index in [4.69, 9.17) is 0 Å². The Morgan fingerprint density at radius 2 is 1.93 bits per heavy atom. The van der Waals surface area contributed by atoms with Gasteiger partial charge in [0.1, 0.15) is 0 Å². The zero-order chi connectivity index (χ0) is 19.8. The van der Waals surface area contributed by atoms with E-state index in [9.17, 15) is 14.0 Å². The predicted molar refractivity (Wildman–Crippen MR) is 104 cm³/mol. The molecular weight excluding hydrogens is 361 g/mol. The van der Waals surface area contributed by atoms with E-state index in [1.165, 1.54) is 4.57 Å². The van der Waals surface area contributed by atoms with E-state index in [2.05, 4.69) is 9.97 Å². The lowest BCUT2D eigenvalue weighted by molar-refractivity contribution is 0.0707. The van der Waals surface area contributed by atoms with Gasteiger partial charge in [-0.2, -0.15) is 0 Å². The molecule has 1 aliphatic heterocycles. The third-order valence-electron chi connectivity index (χ3n) is 5.58. The molecule has 2 aromatic rings. The summed E-state index contributed by atoms with van der Waals surface area (Å²) in [5, 5.41) is 0. The van der Waals surface area contributed by atoms with E-state index in [-0.39, 0.29) is 17.5 Å². The Labute approximate surface area is 162 Å². The van der Waals surface area contributed by atoms with Crippen molar-refractivity contribution < 1.29 is 9.18 Å². The molecule has 1 amide bonds. The maximum absolute atomic E-state index is 13.2. The van der Waals surface area contributed by atoms with Gasteiger partial charge in [0.05, 0.1) is 18.0 Å². The van der Waals surface area contributed by atoms with Crippen LogP contribution in [-0.4, -0.2) is 51.5 Å². The largest absolute Gasteiger partial charge is 0.341 e. The zero-order valence-electron chi connectivity index (χ0n) is 15.9. The van der Waals surface area contributed by atoms with Gasteiger partial charge < -0.3 is 14.4 Å². The minimum absolute atomic E-state index is 0.0493. The second-order valence-electron chi connectivity index (χ2n) is 7.29. The number of anilines is 1. The Bertz CT molecular complexity index is 991. The monoisotopic (exact) mass is 383 g/mol. The van der Waals surface area contributed by atoms with Gasteiger partial charge in [-0.05, 0) is 24.8 Å². The second-order valence-corrected chi connectivity index (χ2v) is 7.29. The molecule has 0 spiro atoms. The lowest BCUT2D eigenvalue weighted by atomic mass is 10.0. The van der Waals surface area contributed by atoms with Crippen LogP contribution in [0.3, 0.4) is 0 Å². The highest BCUT2D eigenvalue weighted by Gasteiger charge is 2.29. The SMILES string of the molecule is CN(C(=O)c1cn(C)c(=O)c2c1C=CC2)C1CCN(c2ncc(F)cn2)CC1. The number of nitrogens with zero attached hydrogens (tertiary/aromatic N) is 5. The fourth-order valence-corrected chi connectivity index (χ4v) is 3.94. The second kappa shape index (κ2) is 7.18. The summed E-state index contributed by atoms with van der Waals surface area (Å²) < 4.78 is 14.5. The first-order valence-corrected chi connectivity index (χ1v) is 9.34. The molecule has 1 fully saturated rings. The van der Waals surface area contributed by atoms with E-state index in [0.717, 1.165) is 30.8 Å². The minimum atomic E-state index is -0.456. The molecule has 0 N–H and O–H groups in total. The summed E-state index contributed by atoms with van der Waals surface area (Å²) in [6.45, 7) is 1.39. The molecule has 2 aliphatic rings. The summed E-state index contributed by atoms with van der Waals surface area (Å²) in [5.41, 5.74) is 1.95. The number of pyridine rings is 1. The number of rotatable bonds is 3. The first-order chi connectivity index (χ1) is 13.5. The molecule has 0 saturated carbocycles. The van der Waals surface area contributed by atoms with Gasteiger partial charge in [0.25, 0.3) is 11.5 Å². The number of carbonyl (C=O) groups excluding carboxylic acids is 1. The van der Waals surface area contributed by atoms with Crippen LogP contribution in [-0.2, 0) is 13.5 Å². The molecule has 0 bridgehead atoms. The molecule has 7 nitrogen and oxygen atoms in total. The fourth-order valence-electron chi connectivity index (χ4n) is 3.94. The number of aryl methyl sites for hydroxylation is 1. The molecule has 0 atom stereocenters. The lowest BCUT2D eigenvalue weighted by Crippen LogP contribution is -2.46. The number of carbonyl (C=O) groups is 1. The van der Waals surface area contributed by atoms with Crippen LogP contribution in [0.5, 0.6) is 0 Å². The zero-order valence-corrected chi connectivity index (χ0v) is 15.9. The van der Waals surface area contributed by atoms with Crippen LogP contribution < -0.4 is 10.5 Å². The van der Waals surface area contributed by atoms with E-state index < -0.39 is 5.82 Å². The summed E-state index contributed by atoms with van der Waals surface area (Å²) in [4.78, 5) is 37.2. The van der Waals surface area contributed by atoms with Crippen molar-refractivity contribution in [3.63, 3.8) is 0 Å². The number of aromatic nitrogens is 3. The van der Waals surface area contributed by atoms with Gasteiger partial charge in [0.15, 0.2) is 5.82 Å². The van der Waals surface area contributed by atoms with Gasteiger partial charge in [-0.15, -0.1) is 0 Å². The van der Waals surface area contributed by atoms with Crippen molar-refractivity contribution in [3.8, 4) is 0 Å². The van der Waals surface area contributed by atoms with Gasteiger partial charge in [-0.25, -0.2) is 14.4 Å². The molecular formula is C20H22FN5O2. The van der Waals surface area contributed by atoms with E-state index in [0.29, 0.717) is 36.6 Å². The molecule has 4 rings (SSSR count). The van der Waals surface area contributed by atoms with Crippen LogP contribution in [0.1, 0.15) is 34.3 Å². The molecule has 8 heteroatoms. The van der Waals surface area contributed by atoms with Gasteiger partial charge in [-0.1, -0.05) is 12.2 Å². The van der Waals surface area contributed by atoms with Crippen molar-refractivity contribution >= 4 is 17.9 Å². The number of hydrogen-bond donors (Lipinski definition) is 0. The quantitative estimate of drug-likeness (QED) is 0.806. The number of halogens is 1. The van der Waals surface area contributed by atoms with E-state index >= 15 is 0 Å². The van der Waals surface area contributed by atoms with Crippen LogP contribution >= 0.6 is 0 Å². The van der Waals surface area contributed by atoms with Crippen LogP contribution in [0.4, 0.5) is 10.3 Å². The van der Waals surface area contributed by atoms with Crippen LogP contribution in [0.2, 0.25) is 0 Å². The first-order valence-electron chi connectivity index (χ1n) is 9.34. The summed E-state index contributed by atoms with van der Waals surface area (Å²) in [5.74, 6) is -0.0208. The summed E-state index contributed by atoms with van der Waals surface area (Å²) in [7, 11) is 3.49. The van der Waals surface area contributed by atoms with Gasteiger partial charge in [-0.3, -0.25) is 9.59 Å². The Kier molecular flexibility index (Phi) is 4.70. The number of amides is 1. The molecule has 0 unspecified atom stereocenters. The Hall–Kier alpha value is -3.03. The number of piperidine rings is 1. The fraction of sp³-hybridized carbons (Fsp3) is 0.400. The first kappa shape index (κ1) is 18.3. The lowest BCUT2D eigenvalue weighted by Gasteiger charge is -2.37. The van der Waals surface area contributed by atoms with Gasteiger partial charge in [0.2, 0.25) is 5.95 Å². The molecule has 0 radical (unpaired) electrons. The average molecular weight is 383 g/mol. The van der Waals surface area contributed by atoms with Crippen molar-refractivity contribution in [3.05, 3.63) is 57.5 Å². The standard InChI is InChI=1S/C20H22FN5O2/c1-24-12-17(15-4-3-5-16(15)18(24)27)19(28)25(2)14-6-8-26(9-7-14)20-22-10-13(21)11-23-20/h3-4,10-12,14H,5-9H2,1-2H3. The van der Waals surface area contributed by atoms with E-state index in [1.807, 2.05) is 24.1 Å². The van der Waals surface area contributed by atoms with Crippen LogP contribution in [0, 0.1) is 5.82 Å². The minimum Gasteiger partial charge on any atom is -0.341 e. The summed E-state index contributed by atoms with van der Waals surface area (Å²) in [6.07, 6.45) is 9.87. The van der Waals surface area contributed by atoms with Crippen molar-refractivity contribution in [1.29, 1.82) is 0 Å². The number of fused-ring (bicyclic) bond motifs is 1. The van der Waals surface area contributed by atoms with Gasteiger partial charge >= 0.3 is 0 Å². The topological polar surface area (TPSA) is 71.3 Å². The molecule has 146 valence electrons. The number of hydrogen-bond acceptors (Lipinski definition) is 5. The average Bonchev–Trinajstić information content (AvgIpc) is 3.20. The molecule has 28 heavy (non-hydrogen) atoms. The third kappa shape index (κ3) is 3.19. The van der Waals surface area contributed by atoms with Crippen LogP contribution in [0.25, 0.3) is 6.08 Å². The highest BCUT2D eigenvalue weighted by Crippen LogP contribution is 2.24. The summed E-state index contributed by atoms with van der Waals surface area (Å²) in [6, 6.07) is 0.0856. The molecule has 1 aliphatic carbocycles. The Balaban J connectivity index is 1.48. The van der Waals surface area contributed by atoms with Crippen LogP contribution in [0.15, 0.2) is 29.5 Å². The normalized spacial score (nSPS) is 16.3.